The molecule has 1 saturated carbocycles. The van der Waals surface area contributed by atoms with Crippen molar-refractivity contribution in [1.29, 1.82) is 0 Å². The van der Waals surface area contributed by atoms with Crippen LogP contribution in [-0.4, -0.2) is 38.1 Å². The van der Waals surface area contributed by atoms with Crippen molar-refractivity contribution in [3.63, 3.8) is 0 Å². The molecule has 0 atom stereocenters. The zero-order chi connectivity index (χ0) is 22.7. The molecule has 0 aromatic heterocycles. The number of carbonyl (C=O) groups is 1. The number of likely N-dealkylation sites (N-methyl/N-ethyl adjacent to an activating group) is 1. The van der Waals surface area contributed by atoms with Gasteiger partial charge in [0.1, 0.15) is 12.4 Å². The lowest BCUT2D eigenvalue weighted by Gasteiger charge is -2.23. The van der Waals surface area contributed by atoms with Crippen LogP contribution in [0.4, 0.5) is 0 Å². The fourth-order valence-corrected chi connectivity index (χ4v) is 4.08. The van der Waals surface area contributed by atoms with Gasteiger partial charge >= 0.3 is 0 Å². The standard InChI is InChI=1S/C28H32N2O2/c1-20-10-13-26(25(18-20)22-8-6-5-7-9-22)28(14-15-28)29-27(31)24-19-23(12-11-21(24)2)32-17-16-30(3)4/h5-13,18-19H,14-17H2,1-4H3,(H,29,31). The van der Waals surface area contributed by atoms with Crippen LogP contribution in [0, 0.1) is 13.8 Å². The molecule has 1 fully saturated rings. The van der Waals surface area contributed by atoms with E-state index in [1.807, 2.05) is 45.3 Å². The number of hydrogen-bond donors (Lipinski definition) is 1. The van der Waals surface area contributed by atoms with Gasteiger partial charge in [-0.1, -0.05) is 60.2 Å². The summed E-state index contributed by atoms with van der Waals surface area (Å²) in [5.74, 6) is 0.686. The van der Waals surface area contributed by atoms with Crippen molar-refractivity contribution in [2.24, 2.45) is 0 Å². The summed E-state index contributed by atoms with van der Waals surface area (Å²) in [7, 11) is 4.03. The molecule has 4 nitrogen and oxygen atoms in total. The highest BCUT2D eigenvalue weighted by Crippen LogP contribution is 2.49. The fraction of sp³-hybridized carbons (Fsp3) is 0.321. The second kappa shape index (κ2) is 9.17. The van der Waals surface area contributed by atoms with Gasteiger partial charge in [-0.25, -0.2) is 0 Å². The van der Waals surface area contributed by atoms with E-state index in [9.17, 15) is 4.79 Å². The number of rotatable bonds is 8. The molecule has 0 spiro atoms. The van der Waals surface area contributed by atoms with Gasteiger partial charge in [0.05, 0.1) is 5.54 Å². The Morgan fingerprint density at radius 2 is 1.75 bits per heavy atom. The topological polar surface area (TPSA) is 41.6 Å². The molecule has 0 bridgehead atoms. The Morgan fingerprint density at radius 1 is 1.00 bits per heavy atom. The number of hydrogen-bond acceptors (Lipinski definition) is 3. The van der Waals surface area contributed by atoms with Gasteiger partial charge in [-0.05, 0) is 75.2 Å². The van der Waals surface area contributed by atoms with E-state index in [0.29, 0.717) is 12.2 Å². The molecule has 0 heterocycles. The van der Waals surface area contributed by atoms with Crippen LogP contribution in [0.25, 0.3) is 11.1 Å². The number of nitrogens with one attached hydrogen (secondary N) is 1. The molecule has 1 N–H and O–H groups in total. The summed E-state index contributed by atoms with van der Waals surface area (Å²) in [6.07, 6.45) is 1.89. The minimum Gasteiger partial charge on any atom is -0.492 e. The van der Waals surface area contributed by atoms with Crippen LogP contribution in [0.2, 0.25) is 0 Å². The Labute approximate surface area is 191 Å². The van der Waals surface area contributed by atoms with Gasteiger partial charge in [-0.15, -0.1) is 0 Å². The molecular weight excluding hydrogens is 396 g/mol. The Balaban J connectivity index is 1.59. The van der Waals surface area contributed by atoms with Crippen LogP contribution in [0.3, 0.4) is 0 Å². The normalized spacial score (nSPS) is 14.3. The zero-order valence-corrected chi connectivity index (χ0v) is 19.4. The predicted octanol–water partition coefficient (Wildman–Crippen LogP) is 5.33. The van der Waals surface area contributed by atoms with Crippen LogP contribution < -0.4 is 10.1 Å². The molecule has 0 radical (unpaired) electrons. The van der Waals surface area contributed by atoms with Crippen molar-refractivity contribution >= 4 is 5.91 Å². The van der Waals surface area contributed by atoms with Crippen molar-refractivity contribution in [3.05, 3.63) is 89.0 Å². The minimum atomic E-state index is -0.315. The maximum absolute atomic E-state index is 13.4. The molecule has 4 rings (SSSR count). The SMILES string of the molecule is Cc1ccc(C2(NC(=O)c3cc(OCCN(C)C)ccc3C)CC2)c(-c2ccccc2)c1. The van der Waals surface area contributed by atoms with E-state index in [2.05, 4.69) is 59.6 Å². The second-order valence-electron chi connectivity index (χ2n) is 9.08. The highest BCUT2D eigenvalue weighted by atomic mass is 16.5. The summed E-state index contributed by atoms with van der Waals surface area (Å²) in [6.45, 7) is 5.50. The molecule has 0 unspecified atom stereocenters. The number of benzene rings is 3. The molecule has 1 aliphatic rings. The first kappa shape index (κ1) is 22.1. The summed E-state index contributed by atoms with van der Waals surface area (Å²) >= 11 is 0. The maximum atomic E-state index is 13.4. The van der Waals surface area contributed by atoms with Gasteiger partial charge in [-0.3, -0.25) is 4.79 Å². The van der Waals surface area contributed by atoms with E-state index in [1.165, 1.54) is 22.3 Å². The van der Waals surface area contributed by atoms with E-state index in [1.54, 1.807) is 0 Å². The Kier molecular flexibility index (Phi) is 6.33. The molecule has 3 aromatic rings. The van der Waals surface area contributed by atoms with Crippen molar-refractivity contribution < 1.29 is 9.53 Å². The van der Waals surface area contributed by atoms with Crippen LogP contribution in [0.15, 0.2) is 66.7 Å². The highest BCUT2D eigenvalue weighted by molar-refractivity contribution is 5.97. The monoisotopic (exact) mass is 428 g/mol. The summed E-state index contributed by atoms with van der Waals surface area (Å²) < 4.78 is 5.86. The molecule has 32 heavy (non-hydrogen) atoms. The van der Waals surface area contributed by atoms with E-state index in [-0.39, 0.29) is 11.4 Å². The smallest absolute Gasteiger partial charge is 0.252 e. The number of nitrogens with zero attached hydrogens (tertiary/aromatic N) is 1. The molecule has 0 saturated heterocycles. The van der Waals surface area contributed by atoms with Gasteiger partial charge in [0.25, 0.3) is 5.91 Å². The third kappa shape index (κ3) is 4.86. The van der Waals surface area contributed by atoms with Crippen LogP contribution in [-0.2, 0) is 5.54 Å². The van der Waals surface area contributed by atoms with Crippen molar-refractivity contribution in [1.82, 2.24) is 10.2 Å². The van der Waals surface area contributed by atoms with E-state index in [4.69, 9.17) is 4.74 Å². The molecule has 4 heteroatoms. The quantitative estimate of drug-likeness (QED) is 0.527. The largest absolute Gasteiger partial charge is 0.492 e. The average Bonchev–Trinajstić information content (AvgIpc) is 3.55. The Morgan fingerprint density at radius 3 is 2.44 bits per heavy atom. The summed E-state index contributed by atoms with van der Waals surface area (Å²) in [6, 6.07) is 22.7. The van der Waals surface area contributed by atoms with Gasteiger partial charge in [0.15, 0.2) is 0 Å². The average molecular weight is 429 g/mol. The first-order chi connectivity index (χ1) is 15.4. The van der Waals surface area contributed by atoms with Gasteiger partial charge in [-0.2, -0.15) is 0 Å². The highest BCUT2D eigenvalue weighted by Gasteiger charge is 2.47. The van der Waals surface area contributed by atoms with Crippen molar-refractivity contribution in [2.45, 2.75) is 32.2 Å². The molecular formula is C28H32N2O2. The van der Waals surface area contributed by atoms with Gasteiger partial charge in [0.2, 0.25) is 0 Å². The molecule has 1 amide bonds. The molecule has 3 aromatic carbocycles. The maximum Gasteiger partial charge on any atom is 0.252 e. The summed E-state index contributed by atoms with van der Waals surface area (Å²) in [5, 5.41) is 3.37. The van der Waals surface area contributed by atoms with Crippen molar-refractivity contribution in [3.8, 4) is 16.9 Å². The lowest BCUT2D eigenvalue weighted by molar-refractivity contribution is 0.0930. The van der Waals surface area contributed by atoms with Gasteiger partial charge in [0, 0.05) is 12.1 Å². The summed E-state index contributed by atoms with van der Waals surface area (Å²) in [5.41, 5.74) is 6.09. The lowest BCUT2D eigenvalue weighted by atomic mass is 9.91. The Bertz CT molecular complexity index is 1100. The van der Waals surface area contributed by atoms with Crippen LogP contribution in [0.1, 0.15) is 39.9 Å². The number of carbonyl (C=O) groups excluding carboxylic acids is 1. The fourth-order valence-electron chi connectivity index (χ4n) is 4.08. The predicted molar refractivity (Wildman–Crippen MR) is 130 cm³/mol. The van der Waals surface area contributed by atoms with Crippen LogP contribution >= 0.6 is 0 Å². The summed E-state index contributed by atoms with van der Waals surface area (Å²) in [4.78, 5) is 15.4. The molecule has 1 aliphatic carbocycles. The Hall–Kier alpha value is -3.11. The van der Waals surface area contributed by atoms with Crippen molar-refractivity contribution in [2.75, 3.05) is 27.2 Å². The molecule has 166 valence electrons. The minimum absolute atomic E-state index is 0.0438. The zero-order valence-electron chi connectivity index (χ0n) is 19.4. The second-order valence-corrected chi connectivity index (χ2v) is 9.08. The molecule has 0 aliphatic heterocycles. The number of amides is 1. The van der Waals surface area contributed by atoms with E-state index >= 15 is 0 Å². The first-order valence-electron chi connectivity index (χ1n) is 11.3. The lowest BCUT2D eigenvalue weighted by Crippen LogP contribution is -2.35. The third-order valence-electron chi connectivity index (χ3n) is 6.14. The first-order valence-corrected chi connectivity index (χ1v) is 11.3. The number of ether oxygens (including phenoxy) is 1. The van der Waals surface area contributed by atoms with Crippen LogP contribution in [0.5, 0.6) is 5.75 Å². The third-order valence-corrected chi connectivity index (χ3v) is 6.14. The van der Waals surface area contributed by atoms with E-state index < -0.39 is 0 Å². The van der Waals surface area contributed by atoms with E-state index in [0.717, 1.165) is 30.7 Å². The number of aryl methyl sites for hydroxylation is 2. The van der Waals surface area contributed by atoms with Gasteiger partial charge < -0.3 is 15.0 Å².